The fraction of sp³-hybridized carbons (Fsp3) is 0.0588. The largest absolute Gasteiger partial charge is 0.289 e. The number of thiophene rings is 1. The van der Waals surface area contributed by atoms with Crippen LogP contribution < -0.4 is 5.56 Å². The molecule has 0 bridgehead atoms. The number of rotatable bonds is 3. The van der Waals surface area contributed by atoms with E-state index in [2.05, 4.69) is 33.7 Å². The fourth-order valence-electron chi connectivity index (χ4n) is 2.51. The molecule has 0 fully saturated rings. The van der Waals surface area contributed by atoms with Gasteiger partial charge in [-0.2, -0.15) is 0 Å². The van der Waals surface area contributed by atoms with Gasteiger partial charge in [-0.1, -0.05) is 30.3 Å². The summed E-state index contributed by atoms with van der Waals surface area (Å²) in [6.07, 6.45) is 0. The molecule has 0 spiro atoms. The van der Waals surface area contributed by atoms with Gasteiger partial charge in [0.25, 0.3) is 5.56 Å². The van der Waals surface area contributed by atoms with Crippen molar-refractivity contribution in [3.8, 4) is 21.7 Å². The molecule has 3 heterocycles. The molecule has 0 aliphatic heterocycles. The number of benzene rings is 1. The molecule has 0 unspecified atom stereocenters. The van der Waals surface area contributed by atoms with E-state index in [4.69, 9.17) is 11.6 Å². The lowest BCUT2D eigenvalue weighted by molar-refractivity contribution is 0.891. The van der Waals surface area contributed by atoms with Gasteiger partial charge in [-0.15, -0.1) is 22.9 Å². The van der Waals surface area contributed by atoms with Crippen LogP contribution in [-0.4, -0.2) is 14.6 Å². The zero-order valence-electron chi connectivity index (χ0n) is 12.0. The van der Waals surface area contributed by atoms with Crippen LogP contribution in [-0.2, 0) is 5.88 Å². The maximum absolute atomic E-state index is 12.0. The summed E-state index contributed by atoms with van der Waals surface area (Å²) in [5.41, 5.74) is 4.02. The van der Waals surface area contributed by atoms with E-state index in [1.807, 2.05) is 24.3 Å². The number of H-pyrrole nitrogens is 1. The molecular weight excluding hydrogens is 330 g/mol. The van der Waals surface area contributed by atoms with Gasteiger partial charge in [-0.05, 0) is 22.6 Å². The number of aromatic amines is 1. The molecule has 4 rings (SSSR count). The monoisotopic (exact) mass is 341 g/mol. The minimum Gasteiger partial charge on any atom is -0.289 e. The minimum absolute atomic E-state index is 0.160. The third kappa shape index (κ3) is 2.58. The quantitative estimate of drug-likeness (QED) is 0.569. The Balaban J connectivity index is 1.77. The molecule has 0 aliphatic rings. The lowest BCUT2D eigenvalue weighted by Gasteiger charge is -2.00. The second-order valence-electron chi connectivity index (χ2n) is 5.14. The van der Waals surface area contributed by atoms with Crippen molar-refractivity contribution in [2.24, 2.45) is 0 Å². The summed E-state index contributed by atoms with van der Waals surface area (Å²) in [5, 5.41) is 5.15. The highest BCUT2D eigenvalue weighted by Crippen LogP contribution is 2.27. The van der Waals surface area contributed by atoms with Crippen LogP contribution in [0.5, 0.6) is 0 Å². The third-order valence-electron chi connectivity index (χ3n) is 3.64. The molecule has 114 valence electrons. The number of halogens is 1. The summed E-state index contributed by atoms with van der Waals surface area (Å²) in [7, 11) is 0. The van der Waals surface area contributed by atoms with Gasteiger partial charge < -0.3 is 0 Å². The summed E-state index contributed by atoms with van der Waals surface area (Å²) < 4.78 is 1.43. The Morgan fingerprint density at radius 3 is 2.61 bits per heavy atom. The van der Waals surface area contributed by atoms with Crippen LogP contribution in [0.3, 0.4) is 0 Å². The van der Waals surface area contributed by atoms with E-state index >= 15 is 0 Å². The van der Waals surface area contributed by atoms with Crippen molar-refractivity contribution in [3.05, 3.63) is 70.0 Å². The van der Waals surface area contributed by atoms with Gasteiger partial charge in [-0.25, -0.2) is 9.50 Å². The number of nitrogens with one attached hydrogen (secondary N) is 1. The zero-order chi connectivity index (χ0) is 15.8. The van der Waals surface area contributed by atoms with Crippen LogP contribution in [0.2, 0.25) is 0 Å². The van der Waals surface area contributed by atoms with E-state index in [-0.39, 0.29) is 11.4 Å². The van der Waals surface area contributed by atoms with Crippen LogP contribution in [0.4, 0.5) is 0 Å². The summed E-state index contributed by atoms with van der Waals surface area (Å²) >= 11 is 7.48. The molecule has 4 aromatic rings. The molecule has 0 amide bonds. The maximum Gasteiger partial charge on any atom is 0.272 e. The van der Waals surface area contributed by atoms with Gasteiger partial charge in [0.15, 0.2) is 5.65 Å². The highest BCUT2D eigenvalue weighted by atomic mass is 35.5. The molecule has 6 heteroatoms. The molecule has 0 saturated carbocycles. The van der Waals surface area contributed by atoms with Crippen molar-refractivity contribution in [2.45, 2.75) is 5.88 Å². The van der Waals surface area contributed by atoms with E-state index in [0.29, 0.717) is 11.3 Å². The molecule has 0 aliphatic carbocycles. The summed E-state index contributed by atoms with van der Waals surface area (Å²) in [4.78, 5) is 17.6. The average molecular weight is 342 g/mol. The first kappa shape index (κ1) is 14.2. The van der Waals surface area contributed by atoms with Crippen LogP contribution >= 0.6 is 22.9 Å². The second kappa shape index (κ2) is 5.68. The summed E-state index contributed by atoms with van der Waals surface area (Å²) in [6, 6.07) is 15.7. The standard InChI is InChI=1S/C17H12ClN3OS/c18-10-13-8-17(22)21-16(19-13)9-14(20-21)11-3-5-12(6-4-11)15-2-1-7-23-15/h1-9,20H,10H2. The van der Waals surface area contributed by atoms with Gasteiger partial charge in [0.2, 0.25) is 0 Å². The summed E-state index contributed by atoms with van der Waals surface area (Å²) in [6.45, 7) is 0. The van der Waals surface area contributed by atoms with Crippen molar-refractivity contribution in [3.63, 3.8) is 0 Å². The Hall–Kier alpha value is -2.37. The predicted molar refractivity (Wildman–Crippen MR) is 94.1 cm³/mol. The molecule has 0 atom stereocenters. The first-order chi connectivity index (χ1) is 11.2. The van der Waals surface area contributed by atoms with Crippen molar-refractivity contribution < 1.29 is 0 Å². The SMILES string of the molecule is O=c1cc(CCl)nc2cc(-c3ccc(-c4cccs4)cc3)[nH]n12. The summed E-state index contributed by atoms with van der Waals surface area (Å²) in [5.74, 6) is 0.224. The highest BCUT2D eigenvalue weighted by Gasteiger charge is 2.08. The van der Waals surface area contributed by atoms with E-state index in [9.17, 15) is 4.79 Å². The Morgan fingerprint density at radius 1 is 1.13 bits per heavy atom. The maximum atomic E-state index is 12.0. The molecule has 4 nitrogen and oxygen atoms in total. The topological polar surface area (TPSA) is 50.2 Å². The molecule has 1 N–H and O–H groups in total. The number of hydrogen-bond donors (Lipinski definition) is 1. The first-order valence-corrected chi connectivity index (χ1v) is 8.48. The van der Waals surface area contributed by atoms with E-state index in [1.165, 1.54) is 21.0 Å². The highest BCUT2D eigenvalue weighted by molar-refractivity contribution is 7.13. The minimum atomic E-state index is -0.160. The lowest BCUT2D eigenvalue weighted by atomic mass is 10.1. The number of alkyl halides is 1. The normalized spacial score (nSPS) is 11.2. The van der Waals surface area contributed by atoms with Crippen LogP contribution in [0, 0.1) is 0 Å². The van der Waals surface area contributed by atoms with Crippen molar-refractivity contribution in [1.82, 2.24) is 14.6 Å². The Bertz CT molecular complexity index is 1020. The van der Waals surface area contributed by atoms with Crippen LogP contribution in [0.25, 0.3) is 27.3 Å². The number of aromatic nitrogens is 3. The molecule has 23 heavy (non-hydrogen) atoms. The van der Waals surface area contributed by atoms with Gasteiger partial charge >= 0.3 is 0 Å². The number of fused-ring (bicyclic) bond motifs is 1. The lowest BCUT2D eigenvalue weighted by Crippen LogP contribution is -2.14. The number of hydrogen-bond acceptors (Lipinski definition) is 3. The Kier molecular flexibility index (Phi) is 3.52. The first-order valence-electron chi connectivity index (χ1n) is 7.06. The van der Waals surface area contributed by atoms with Crippen LogP contribution in [0.15, 0.2) is 58.7 Å². The van der Waals surface area contributed by atoms with E-state index in [1.54, 1.807) is 11.3 Å². The van der Waals surface area contributed by atoms with Crippen molar-refractivity contribution >= 4 is 28.6 Å². The van der Waals surface area contributed by atoms with Crippen LogP contribution in [0.1, 0.15) is 5.69 Å². The Labute approximate surface area is 141 Å². The molecular formula is C17H12ClN3OS. The zero-order valence-corrected chi connectivity index (χ0v) is 13.6. The Morgan fingerprint density at radius 2 is 1.91 bits per heavy atom. The van der Waals surface area contributed by atoms with Gasteiger partial charge in [-0.3, -0.25) is 9.89 Å². The van der Waals surface area contributed by atoms with Gasteiger partial charge in [0.05, 0.1) is 17.3 Å². The molecule has 3 aromatic heterocycles. The molecule has 1 aromatic carbocycles. The smallest absolute Gasteiger partial charge is 0.272 e. The second-order valence-corrected chi connectivity index (χ2v) is 6.35. The van der Waals surface area contributed by atoms with Gasteiger partial charge in [0, 0.05) is 17.0 Å². The predicted octanol–water partition coefficient (Wildman–Crippen LogP) is 4.16. The van der Waals surface area contributed by atoms with Crippen molar-refractivity contribution in [1.29, 1.82) is 0 Å². The fourth-order valence-corrected chi connectivity index (χ4v) is 3.38. The van der Waals surface area contributed by atoms with Crippen molar-refractivity contribution in [2.75, 3.05) is 0 Å². The molecule has 0 saturated heterocycles. The average Bonchev–Trinajstić information content (AvgIpc) is 3.24. The van der Waals surface area contributed by atoms with E-state index in [0.717, 1.165) is 11.3 Å². The molecule has 0 radical (unpaired) electrons. The number of nitrogens with zero attached hydrogens (tertiary/aromatic N) is 2. The van der Waals surface area contributed by atoms with E-state index < -0.39 is 0 Å². The van der Waals surface area contributed by atoms with Gasteiger partial charge in [0.1, 0.15) is 0 Å². The third-order valence-corrected chi connectivity index (χ3v) is 4.83.